The molecule has 23 heavy (non-hydrogen) atoms. The number of imidazole rings is 1. The molecule has 1 aliphatic rings. The summed E-state index contributed by atoms with van der Waals surface area (Å²) in [5.74, 6) is -0.0831. The average Bonchev–Trinajstić information content (AvgIpc) is 3.13. The Hall–Kier alpha value is -1.89. The van der Waals surface area contributed by atoms with Crippen molar-refractivity contribution in [2.75, 3.05) is 13.2 Å². The number of thiazole rings is 1. The molecule has 3 rings (SSSR count). The van der Waals surface area contributed by atoms with Gasteiger partial charge in [-0.2, -0.15) is 0 Å². The van der Waals surface area contributed by atoms with Gasteiger partial charge in [0.1, 0.15) is 0 Å². The molecule has 0 radical (unpaired) electrons. The van der Waals surface area contributed by atoms with Crippen molar-refractivity contribution < 1.29 is 14.3 Å². The number of nitrogens with one attached hydrogen (secondary N) is 1. The topological polar surface area (TPSA) is 72.7 Å². The maximum absolute atomic E-state index is 11.8. The highest BCUT2D eigenvalue weighted by Gasteiger charge is 2.15. The molecule has 0 bridgehead atoms. The molecule has 2 aromatic rings. The number of carbonyl (C=O) groups is 2. The van der Waals surface area contributed by atoms with Gasteiger partial charge in [-0.05, 0) is 18.8 Å². The minimum absolute atomic E-state index is 0.0876. The van der Waals surface area contributed by atoms with E-state index in [4.69, 9.17) is 4.74 Å². The Kier molecular flexibility index (Phi) is 5.27. The van der Waals surface area contributed by atoms with Crippen LogP contribution in [0, 0.1) is 5.92 Å². The first kappa shape index (κ1) is 16.0. The molecule has 6 nitrogen and oxygen atoms in total. The number of aromatic nitrogens is 2. The van der Waals surface area contributed by atoms with Crippen LogP contribution in [0.2, 0.25) is 0 Å². The summed E-state index contributed by atoms with van der Waals surface area (Å²) in [7, 11) is 0. The van der Waals surface area contributed by atoms with E-state index in [9.17, 15) is 9.59 Å². The van der Waals surface area contributed by atoms with Crippen LogP contribution >= 0.6 is 11.3 Å². The van der Waals surface area contributed by atoms with Gasteiger partial charge in [-0.3, -0.25) is 14.0 Å². The lowest BCUT2D eigenvalue weighted by atomic mass is 9.89. The monoisotopic (exact) mass is 335 g/mol. The Labute approximate surface area is 138 Å². The zero-order valence-corrected chi connectivity index (χ0v) is 13.8. The molecule has 0 unspecified atom stereocenters. The SMILES string of the molecule is O=C(COC(=O)Cc1cn2ccsc2n1)NCC1CCCCC1. The van der Waals surface area contributed by atoms with Gasteiger partial charge in [0.25, 0.3) is 5.91 Å². The number of rotatable bonds is 6. The lowest BCUT2D eigenvalue weighted by molar-refractivity contribution is -0.148. The molecule has 2 aromatic heterocycles. The predicted octanol–water partition coefficient (Wildman–Crippen LogP) is 2.18. The molecule has 1 saturated carbocycles. The zero-order chi connectivity index (χ0) is 16.1. The summed E-state index contributed by atoms with van der Waals surface area (Å²) >= 11 is 1.51. The van der Waals surface area contributed by atoms with Crippen molar-refractivity contribution in [2.24, 2.45) is 5.92 Å². The van der Waals surface area contributed by atoms with Crippen LogP contribution in [0.3, 0.4) is 0 Å². The Morgan fingerprint density at radius 3 is 2.96 bits per heavy atom. The predicted molar refractivity (Wildman–Crippen MR) is 87.3 cm³/mol. The van der Waals surface area contributed by atoms with E-state index < -0.39 is 5.97 Å². The van der Waals surface area contributed by atoms with Gasteiger partial charge in [0.2, 0.25) is 0 Å². The summed E-state index contributed by atoms with van der Waals surface area (Å²) in [6, 6.07) is 0. The number of amides is 1. The number of esters is 1. The van der Waals surface area contributed by atoms with Gasteiger partial charge in [-0.15, -0.1) is 11.3 Å². The Morgan fingerprint density at radius 2 is 2.17 bits per heavy atom. The van der Waals surface area contributed by atoms with E-state index in [0.717, 1.165) is 4.96 Å². The fourth-order valence-corrected chi connectivity index (χ4v) is 3.63. The minimum Gasteiger partial charge on any atom is -0.455 e. The van der Waals surface area contributed by atoms with Crippen molar-refractivity contribution in [1.29, 1.82) is 0 Å². The highest BCUT2D eigenvalue weighted by Crippen LogP contribution is 2.22. The first-order valence-corrected chi connectivity index (χ1v) is 8.92. The molecule has 124 valence electrons. The summed E-state index contributed by atoms with van der Waals surface area (Å²) in [5, 5.41) is 4.79. The van der Waals surface area contributed by atoms with Crippen molar-refractivity contribution in [3.63, 3.8) is 0 Å². The van der Waals surface area contributed by atoms with Crippen LogP contribution in [0.5, 0.6) is 0 Å². The number of ether oxygens (including phenoxy) is 1. The standard InChI is InChI=1S/C16H21N3O3S/c20-14(17-9-12-4-2-1-3-5-12)11-22-15(21)8-13-10-19-6-7-23-16(19)18-13/h6-7,10,12H,1-5,8-9,11H2,(H,17,20). The first-order chi connectivity index (χ1) is 11.2. The molecular formula is C16H21N3O3S. The van der Waals surface area contributed by atoms with Crippen LogP contribution in [0.1, 0.15) is 37.8 Å². The van der Waals surface area contributed by atoms with Crippen LogP contribution < -0.4 is 5.32 Å². The molecule has 0 aromatic carbocycles. The molecule has 0 atom stereocenters. The van der Waals surface area contributed by atoms with Gasteiger partial charge in [0.15, 0.2) is 11.6 Å². The number of carbonyl (C=O) groups excluding carboxylic acids is 2. The average molecular weight is 335 g/mol. The summed E-state index contributed by atoms with van der Waals surface area (Å²) < 4.78 is 6.89. The van der Waals surface area contributed by atoms with Crippen molar-refractivity contribution in [1.82, 2.24) is 14.7 Å². The van der Waals surface area contributed by atoms with Gasteiger partial charge in [-0.1, -0.05) is 19.3 Å². The van der Waals surface area contributed by atoms with E-state index in [2.05, 4.69) is 10.3 Å². The van der Waals surface area contributed by atoms with Crippen molar-refractivity contribution in [2.45, 2.75) is 38.5 Å². The maximum atomic E-state index is 11.8. The summed E-state index contributed by atoms with van der Waals surface area (Å²) in [6.07, 6.45) is 9.93. The summed E-state index contributed by atoms with van der Waals surface area (Å²) in [6.45, 7) is 0.474. The molecule has 1 fully saturated rings. The maximum Gasteiger partial charge on any atom is 0.312 e. The number of hydrogen-bond donors (Lipinski definition) is 1. The molecule has 1 N–H and O–H groups in total. The Bertz CT molecular complexity index is 644. The largest absolute Gasteiger partial charge is 0.455 e. The van der Waals surface area contributed by atoms with Crippen LogP contribution in [-0.2, 0) is 20.7 Å². The third-order valence-corrected chi connectivity index (χ3v) is 4.92. The van der Waals surface area contributed by atoms with Gasteiger partial charge in [0.05, 0.1) is 12.1 Å². The smallest absolute Gasteiger partial charge is 0.312 e. The van der Waals surface area contributed by atoms with Crippen molar-refractivity contribution >= 4 is 28.2 Å². The molecule has 0 aliphatic heterocycles. The number of hydrogen-bond acceptors (Lipinski definition) is 5. The number of fused-ring (bicyclic) bond motifs is 1. The molecule has 2 heterocycles. The zero-order valence-electron chi connectivity index (χ0n) is 13.0. The van der Waals surface area contributed by atoms with Gasteiger partial charge < -0.3 is 10.1 Å². The molecule has 0 spiro atoms. The fraction of sp³-hybridized carbons (Fsp3) is 0.562. The van der Waals surface area contributed by atoms with E-state index in [1.54, 1.807) is 6.20 Å². The fourth-order valence-electron chi connectivity index (χ4n) is 2.91. The first-order valence-electron chi connectivity index (χ1n) is 8.04. The Morgan fingerprint density at radius 1 is 1.35 bits per heavy atom. The van der Waals surface area contributed by atoms with E-state index >= 15 is 0 Å². The molecule has 1 amide bonds. The van der Waals surface area contributed by atoms with Crippen molar-refractivity contribution in [3.8, 4) is 0 Å². The second-order valence-electron chi connectivity index (χ2n) is 5.97. The Balaban J connectivity index is 1.36. The molecule has 0 saturated heterocycles. The highest BCUT2D eigenvalue weighted by molar-refractivity contribution is 7.15. The van der Waals surface area contributed by atoms with Crippen LogP contribution in [-0.4, -0.2) is 34.4 Å². The van der Waals surface area contributed by atoms with Crippen LogP contribution in [0.15, 0.2) is 17.8 Å². The van der Waals surface area contributed by atoms with E-state index in [1.165, 1.54) is 43.4 Å². The van der Waals surface area contributed by atoms with Crippen LogP contribution in [0.4, 0.5) is 0 Å². The second kappa shape index (κ2) is 7.59. The van der Waals surface area contributed by atoms with Crippen LogP contribution in [0.25, 0.3) is 4.96 Å². The third-order valence-electron chi connectivity index (χ3n) is 4.15. The highest BCUT2D eigenvalue weighted by atomic mass is 32.1. The van der Waals surface area contributed by atoms with Gasteiger partial charge in [0, 0.05) is 24.3 Å². The summed E-state index contributed by atoms with van der Waals surface area (Å²) in [4.78, 5) is 28.7. The third kappa shape index (κ3) is 4.54. The van der Waals surface area contributed by atoms with E-state index in [0.29, 0.717) is 18.2 Å². The second-order valence-corrected chi connectivity index (χ2v) is 6.84. The normalized spacial score (nSPS) is 15.7. The van der Waals surface area contributed by atoms with Gasteiger partial charge >= 0.3 is 5.97 Å². The molecule has 1 aliphatic carbocycles. The van der Waals surface area contributed by atoms with E-state index in [1.807, 2.05) is 16.0 Å². The van der Waals surface area contributed by atoms with E-state index in [-0.39, 0.29) is 18.9 Å². The minimum atomic E-state index is -0.427. The van der Waals surface area contributed by atoms with Gasteiger partial charge in [-0.25, -0.2) is 4.98 Å². The number of nitrogens with zero attached hydrogens (tertiary/aromatic N) is 2. The molecular weight excluding hydrogens is 314 g/mol. The lowest BCUT2D eigenvalue weighted by Crippen LogP contribution is -2.33. The quantitative estimate of drug-likeness (QED) is 0.821. The van der Waals surface area contributed by atoms with Crippen molar-refractivity contribution in [3.05, 3.63) is 23.5 Å². The lowest BCUT2D eigenvalue weighted by Gasteiger charge is -2.21. The molecule has 7 heteroatoms. The summed E-state index contributed by atoms with van der Waals surface area (Å²) in [5.41, 5.74) is 0.657.